The third-order valence-corrected chi connectivity index (χ3v) is 3.42. The van der Waals surface area contributed by atoms with Crippen LogP contribution in [0.5, 0.6) is 0 Å². The van der Waals surface area contributed by atoms with Crippen LogP contribution in [0.2, 0.25) is 0 Å². The summed E-state index contributed by atoms with van der Waals surface area (Å²) in [5.74, 6) is 0.245. The van der Waals surface area contributed by atoms with E-state index in [1.165, 1.54) is 5.56 Å². The Morgan fingerprint density at radius 3 is 2.35 bits per heavy atom. The number of ketones is 1. The highest BCUT2D eigenvalue weighted by Crippen LogP contribution is 2.39. The maximum Gasteiger partial charge on any atom is 0.164 e. The monoisotopic (exact) mass is 271 g/mol. The van der Waals surface area contributed by atoms with Crippen LogP contribution in [-0.4, -0.2) is 10.8 Å². The molecule has 2 heteroatoms. The minimum Gasteiger partial charge on any atom is -0.294 e. The minimum absolute atomic E-state index is 0.0993. The number of hydrogen-bond acceptors (Lipinski definition) is 2. The zero-order valence-corrected chi connectivity index (χ0v) is 13.4. The second kappa shape index (κ2) is 6.65. The van der Waals surface area contributed by atoms with Crippen molar-refractivity contribution in [2.24, 2.45) is 0 Å². The highest BCUT2D eigenvalue weighted by molar-refractivity contribution is 6.12. The van der Waals surface area contributed by atoms with Gasteiger partial charge in [-0.05, 0) is 16.4 Å². The molecule has 0 saturated heterocycles. The molecule has 0 aliphatic heterocycles. The lowest BCUT2D eigenvalue weighted by Crippen LogP contribution is -2.27. The number of pyridine rings is 1. The van der Waals surface area contributed by atoms with E-state index in [4.69, 9.17) is 0 Å². The van der Waals surface area contributed by atoms with E-state index in [0.717, 1.165) is 16.3 Å². The van der Waals surface area contributed by atoms with E-state index < -0.39 is 0 Å². The van der Waals surface area contributed by atoms with Gasteiger partial charge in [0.2, 0.25) is 0 Å². The van der Waals surface area contributed by atoms with Crippen LogP contribution < -0.4 is 0 Å². The smallest absolute Gasteiger partial charge is 0.164 e. The molecule has 1 aromatic carbocycles. The predicted octanol–water partition coefficient (Wildman–Crippen LogP) is 5.15. The quantitative estimate of drug-likeness (QED) is 0.663. The molecule has 1 aromatic heterocycles. The van der Waals surface area contributed by atoms with Gasteiger partial charge < -0.3 is 0 Å². The molecule has 108 valence electrons. The third-order valence-electron chi connectivity index (χ3n) is 3.42. The molecule has 0 unspecified atom stereocenters. The number of carbonyl (C=O) groups excluding carboxylic acids is 1. The molecule has 0 amide bonds. The van der Waals surface area contributed by atoms with Crippen LogP contribution in [0.4, 0.5) is 0 Å². The molecular weight excluding hydrogens is 246 g/mol. The molecule has 0 saturated carbocycles. The van der Waals surface area contributed by atoms with Gasteiger partial charge in [-0.15, -0.1) is 0 Å². The Morgan fingerprint density at radius 1 is 1.05 bits per heavy atom. The van der Waals surface area contributed by atoms with Crippen molar-refractivity contribution in [3.8, 4) is 0 Å². The van der Waals surface area contributed by atoms with Crippen molar-refractivity contribution >= 4 is 16.6 Å². The second-order valence-electron chi connectivity index (χ2n) is 5.07. The van der Waals surface area contributed by atoms with Crippen molar-refractivity contribution < 1.29 is 4.79 Å². The summed E-state index contributed by atoms with van der Waals surface area (Å²) in [4.78, 5) is 16.3. The summed E-state index contributed by atoms with van der Waals surface area (Å²) < 4.78 is 0. The Kier molecular flexibility index (Phi) is 5.43. The maximum atomic E-state index is 12.1. The molecule has 1 aliphatic rings. The first-order valence-electron chi connectivity index (χ1n) is 7.50. The van der Waals surface area contributed by atoms with Gasteiger partial charge in [0.1, 0.15) is 0 Å². The fraction of sp³-hybridized carbons (Fsp3) is 0.444. The molecule has 0 N–H and O–H groups in total. The molecule has 0 radical (unpaired) electrons. The summed E-state index contributed by atoms with van der Waals surface area (Å²) in [6, 6.07) is 5.87. The van der Waals surface area contributed by atoms with E-state index >= 15 is 0 Å². The fourth-order valence-electron chi connectivity index (χ4n) is 2.57. The lowest BCUT2D eigenvalue weighted by molar-refractivity contribution is 0.0955. The first-order valence-corrected chi connectivity index (χ1v) is 7.50. The van der Waals surface area contributed by atoms with Gasteiger partial charge in [-0.2, -0.15) is 0 Å². The van der Waals surface area contributed by atoms with E-state index in [0.29, 0.717) is 6.42 Å². The van der Waals surface area contributed by atoms with E-state index in [2.05, 4.69) is 18.8 Å². The van der Waals surface area contributed by atoms with Crippen LogP contribution in [0.3, 0.4) is 0 Å². The fourth-order valence-corrected chi connectivity index (χ4v) is 2.57. The van der Waals surface area contributed by atoms with Crippen LogP contribution in [0.1, 0.15) is 63.9 Å². The van der Waals surface area contributed by atoms with Crippen molar-refractivity contribution in [2.75, 3.05) is 0 Å². The number of benzene rings is 1. The van der Waals surface area contributed by atoms with Gasteiger partial charge in [-0.1, -0.05) is 59.7 Å². The van der Waals surface area contributed by atoms with Crippen molar-refractivity contribution in [2.45, 2.75) is 53.4 Å². The third kappa shape index (κ3) is 2.74. The highest BCUT2D eigenvalue weighted by atomic mass is 16.1. The van der Waals surface area contributed by atoms with Gasteiger partial charge in [0.15, 0.2) is 5.78 Å². The largest absolute Gasteiger partial charge is 0.294 e. The standard InChI is InChI=1S/C14H13NO.2C2H6/c1-14(2)6-12(16)10-5-3-4-9-7-15-8-11(14)13(9)10;2*1-2/h3-5,7-8H,6H2,1-2H3;2*1-2H3. The van der Waals surface area contributed by atoms with E-state index in [1.807, 2.05) is 58.3 Å². The van der Waals surface area contributed by atoms with Gasteiger partial charge >= 0.3 is 0 Å². The lowest BCUT2D eigenvalue weighted by Gasteiger charge is -2.30. The highest BCUT2D eigenvalue weighted by Gasteiger charge is 2.33. The number of aromatic nitrogens is 1. The molecule has 0 spiro atoms. The van der Waals surface area contributed by atoms with Crippen molar-refractivity contribution in [3.05, 3.63) is 41.7 Å². The number of nitrogens with zero attached hydrogens (tertiary/aromatic N) is 1. The molecule has 2 nitrogen and oxygen atoms in total. The Morgan fingerprint density at radius 2 is 1.70 bits per heavy atom. The van der Waals surface area contributed by atoms with Gasteiger partial charge in [-0.25, -0.2) is 0 Å². The Bertz CT molecular complexity index is 594. The summed E-state index contributed by atoms with van der Waals surface area (Å²) in [6.45, 7) is 12.2. The lowest BCUT2D eigenvalue weighted by atomic mass is 9.72. The summed E-state index contributed by atoms with van der Waals surface area (Å²) >= 11 is 0. The average Bonchev–Trinajstić information content (AvgIpc) is 2.48. The first-order chi connectivity index (χ1) is 9.59. The molecule has 1 heterocycles. The van der Waals surface area contributed by atoms with E-state index in [9.17, 15) is 4.79 Å². The molecule has 20 heavy (non-hydrogen) atoms. The van der Waals surface area contributed by atoms with E-state index in [1.54, 1.807) is 0 Å². The maximum absolute atomic E-state index is 12.1. The SMILES string of the molecule is CC.CC.CC1(C)CC(=O)c2cccc3cncc1c23. The molecule has 0 atom stereocenters. The predicted molar refractivity (Wildman–Crippen MR) is 86.4 cm³/mol. The van der Waals surface area contributed by atoms with Gasteiger partial charge in [0, 0.05) is 29.8 Å². The summed E-state index contributed by atoms with van der Waals surface area (Å²) in [5.41, 5.74) is 1.95. The van der Waals surface area contributed by atoms with Gasteiger partial charge in [0.05, 0.1) is 0 Å². The summed E-state index contributed by atoms with van der Waals surface area (Å²) in [6.07, 6.45) is 4.31. The normalized spacial score (nSPS) is 14.8. The Balaban J connectivity index is 0.000000461. The summed E-state index contributed by atoms with van der Waals surface area (Å²) in [5, 5.41) is 2.16. The average molecular weight is 271 g/mol. The Hall–Kier alpha value is -1.70. The number of carbonyl (C=O) groups is 1. The minimum atomic E-state index is -0.0993. The first kappa shape index (κ1) is 16.4. The number of rotatable bonds is 0. The van der Waals surface area contributed by atoms with Crippen LogP contribution >= 0.6 is 0 Å². The second-order valence-corrected chi connectivity index (χ2v) is 5.07. The zero-order valence-electron chi connectivity index (χ0n) is 13.4. The van der Waals surface area contributed by atoms with Crippen molar-refractivity contribution in [3.63, 3.8) is 0 Å². The molecule has 3 rings (SSSR count). The summed E-state index contributed by atoms with van der Waals surface area (Å²) in [7, 11) is 0. The van der Waals surface area contributed by atoms with Crippen LogP contribution in [0.15, 0.2) is 30.6 Å². The topological polar surface area (TPSA) is 30.0 Å². The van der Waals surface area contributed by atoms with Crippen LogP contribution in [0, 0.1) is 0 Å². The molecule has 2 aromatic rings. The van der Waals surface area contributed by atoms with Crippen molar-refractivity contribution in [1.29, 1.82) is 0 Å². The molecular formula is C18H25NO. The van der Waals surface area contributed by atoms with E-state index in [-0.39, 0.29) is 11.2 Å². The zero-order chi connectivity index (χ0) is 15.3. The molecule has 1 aliphatic carbocycles. The van der Waals surface area contributed by atoms with Crippen molar-refractivity contribution in [1.82, 2.24) is 4.98 Å². The van der Waals surface area contributed by atoms with Gasteiger partial charge in [-0.3, -0.25) is 9.78 Å². The number of Topliss-reactive ketones (excluding diaryl/α,β-unsaturated/α-hetero) is 1. The van der Waals surface area contributed by atoms with Crippen LogP contribution in [0.25, 0.3) is 10.8 Å². The number of hydrogen-bond donors (Lipinski definition) is 0. The van der Waals surface area contributed by atoms with Crippen LogP contribution in [-0.2, 0) is 5.41 Å². The molecule has 0 bridgehead atoms. The Labute approximate surface area is 122 Å². The van der Waals surface area contributed by atoms with Gasteiger partial charge in [0.25, 0.3) is 0 Å². The molecule has 0 fully saturated rings.